The molecule has 1 heterocycles. The average molecular weight is 440 g/mol. The van der Waals surface area contributed by atoms with E-state index in [1.54, 1.807) is 0 Å². The average Bonchev–Trinajstić information content (AvgIpc) is 3.31. The summed E-state index contributed by atoms with van der Waals surface area (Å²) in [5.41, 5.74) is 4.78. The van der Waals surface area contributed by atoms with Gasteiger partial charge in [-0.3, -0.25) is 4.79 Å². The van der Waals surface area contributed by atoms with Gasteiger partial charge < -0.3 is 9.73 Å². The number of rotatable bonds is 6. The molecule has 4 rings (SSSR count). The molecule has 0 aliphatic carbocycles. The highest BCUT2D eigenvalue weighted by atomic mass is 16.4. The molecular formula is C28H29N3O2. The summed E-state index contributed by atoms with van der Waals surface area (Å²) in [5, 5.41) is 11.4. The third kappa shape index (κ3) is 5.20. The SMILES string of the molecule is CCC(C(=O)Nc1ccc(-c2nnc(-c3ccc(C(C)(C)C)cc3)o2)cc1)c1ccccc1. The van der Waals surface area contributed by atoms with Gasteiger partial charge in [0.1, 0.15) is 0 Å². The number of carbonyl (C=O) groups is 1. The largest absolute Gasteiger partial charge is 0.416 e. The van der Waals surface area contributed by atoms with E-state index in [1.807, 2.05) is 73.7 Å². The van der Waals surface area contributed by atoms with Crippen LogP contribution in [0.1, 0.15) is 51.2 Å². The van der Waals surface area contributed by atoms with Crippen LogP contribution < -0.4 is 5.32 Å². The normalized spacial score (nSPS) is 12.4. The van der Waals surface area contributed by atoms with Gasteiger partial charge in [0.05, 0.1) is 5.92 Å². The van der Waals surface area contributed by atoms with E-state index in [2.05, 4.69) is 48.4 Å². The minimum atomic E-state index is -0.186. The van der Waals surface area contributed by atoms with Crippen molar-refractivity contribution in [2.45, 2.75) is 45.4 Å². The first-order chi connectivity index (χ1) is 15.8. The molecule has 0 aliphatic heterocycles. The maximum atomic E-state index is 12.8. The summed E-state index contributed by atoms with van der Waals surface area (Å²) in [4.78, 5) is 12.8. The predicted molar refractivity (Wildman–Crippen MR) is 132 cm³/mol. The second kappa shape index (κ2) is 9.41. The summed E-state index contributed by atoms with van der Waals surface area (Å²) in [7, 11) is 0. The Morgan fingerprint density at radius 1 is 0.848 bits per heavy atom. The van der Waals surface area contributed by atoms with Crippen molar-refractivity contribution in [3.63, 3.8) is 0 Å². The minimum Gasteiger partial charge on any atom is -0.416 e. The first-order valence-corrected chi connectivity index (χ1v) is 11.3. The van der Waals surface area contributed by atoms with Crippen LogP contribution in [0.4, 0.5) is 5.69 Å². The fraction of sp³-hybridized carbons (Fsp3) is 0.250. The Bertz CT molecular complexity index is 1200. The Labute approximate surface area is 194 Å². The van der Waals surface area contributed by atoms with Crippen molar-refractivity contribution in [1.29, 1.82) is 0 Å². The van der Waals surface area contributed by atoms with Crippen LogP contribution in [0.5, 0.6) is 0 Å². The summed E-state index contributed by atoms with van der Waals surface area (Å²) < 4.78 is 5.91. The zero-order valence-corrected chi connectivity index (χ0v) is 19.5. The fourth-order valence-corrected chi connectivity index (χ4v) is 3.75. The lowest BCUT2D eigenvalue weighted by molar-refractivity contribution is -0.117. The third-order valence-corrected chi connectivity index (χ3v) is 5.75. The van der Waals surface area contributed by atoms with E-state index in [1.165, 1.54) is 5.56 Å². The molecule has 0 spiro atoms. The number of carbonyl (C=O) groups excluding carboxylic acids is 1. The maximum absolute atomic E-state index is 12.8. The number of hydrogen-bond acceptors (Lipinski definition) is 4. The zero-order valence-electron chi connectivity index (χ0n) is 19.5. The molecule has 0 aliphatic rings. The molecule has 0 radical (unpaired) electrons. The summed E-state index contributed by atoms with van der Waals surface area (Å²) >= 11 is 0. The molecule has 3 aromatic carbocycles. The van der Waals surface area contributed by atoms with E-state index in [9.17, 15) is 4.79 Å². The molecule has 1 unspecified atom stereocenters. The molecule has 0 fully saturated rings. The molecule has 5 nitrogen and oxygen atoms in total. The summed E-state index contributed by atoms with van der Waals surface area (Å²) in [6.45, 7) is 8.57. The second-order valence-electron chi connectivity index (χ2n) is 9.18. The van der Waals surface area contributed by atoms with Gasteiger partial charge in [-0.05, 0) is 59.4 Å². The number of nitrogens with zero attached hydrogens (tertiary/aromatic N) is 2. The van der Waals surface area contributed by atoms with Crippen LogP contribution in [0.3, 0.4) is 0 Å². The van der Waals surface area contributed by atoms with E-state index in [-0.39, 0.29) is 17.2 Å². The van der Waals surface area contributed by atoms with Crippen LogP contribution in [0.2, 0.25) is 0 Å². The van der Waals surface area contributed by atoms with E-state index in [0.717, 1.165) is 28.8 Å². The van der Waals surface area contributed by atoms with Crippen LogP contribution in [-0.4, -0.2) is 16.1 Å². The topological polar surface area (TPSA) is 68.0 Å². The van der Waals surface area contributed by atoms with Gasteiger partial charge in [0.15, 0.2) is 0 Å². The molecule has 1 N–H and O–H groups in total. The second-order valence-corrected chi connectivity index (χ2v) is 9.18. The molecule has 168 valence electrons. The molecular weight excluding hydrogens is 410 g/mol. The smallest absolute Gasteiger partial charge is 0.248 e. The minimum absolute atomic E-state index is 0.0183. The van der Waals surface area contributed by atoms with Crippen molar-refractivity contribution in [3.8, 4) is 22.9 Å². The Morgan fingerprint density at radius 2 is 1.39 bits per heavy atom. The van der Waals surface area contributed by atoms with E-state index < -0.39 is 0 Å². The molecule has 0 saturated carbocycles. The molecule has 5 heteroatoms. The van der Waals surface area contributed by atoms with Gasteiger partial charge in [-0.15, -0.1) is 10.2 Å². The third-order valence-electron chi connectivity index (χ3n) is 5.75. The van der Waals surface area contributed by atoms with Gasteiger partial charge in [-0.2, -0.15) is 0 Å². The molecule has 1 amide bonds. The lowest BCUT2D eigenvalue weighted by Crippen LogP contribution is -2.20. The van der Waals surface area contributed by atoms with Crippen LogP contribution in [-0.2, 0) is 10.2 Å². The number of nitrogens with one attached hydrogen (secondary N) is 1. The number of anilines is 1. The molecule has 0 saturated heterocycles. The highest BCUT2D eigenvalue weighted by Gasteiger charge is 2.19. The molecule has 33 heavy (non-hydrogen) atoms. The number of aromatic nitrogens is 2. The van der Waals surface area contributed by atoms with Crippen molar-refractivity contribution >= 4 is 11.6 Å². The van der Waals surface area contributed by atoms with Gasteiger partial charge in [0.25, 0.3) is 0 Å². The van der Waals surface area contributed by atoms with E-state index in [0.29, 0.717) is 11.8 Å². The molecule has 0 bridgehead atoms. The Hall–Kier alpha value is -3.73. The highest BCUT2D eigenvalue weighted by molar-refractivity contribution is 5.96. The predicted octanol–water partition coefficient (Wildman–Crippen LogP) is 6.83. The van der Waals surface area contributed by atoms with Gasteiger partial charge in [0.2, 0.25) is 17.7 Å². The molecule has 1 aromatic heterocycles. The highest BCUT2D eigenvalue weighted by Crippen LogP contribution is 2.28. The number of hydrogen-bond donors (Lipinski definition) is 1. The van der Waals surface area contributed by atoms with Gasteiger partial charge >= 0.3 is 0 Å². The summed E-state index contributed by atoms with van der Waals surface area (Å²) in [6, 6.07) is 25.5. The standard InChI is InChI=1S/C28H29N3O2/c1-5-24(19-9-7-6-8-10-19)25(32)29-23-17-13-21(14-18-23)27-31-30-26(33-27)20-11-15-22(16-12-20)28(2,3)4/h6-18,24H,5H2,1-4H3,(H,29,32). The van der Waals surface area contributed by atoms with Crippen LogP contribution in [0, 0.1) is 0 Å². The first kappa shape index (κ1) is 22.5. The molecule has 1 atom stereocenters. The Morgan fingerprint density at radius 3 is 1.91 bits per heavy atom. The zero-order chi connectivity index (χ0) is 23.4. The number of benzene rings is 3. The van der Waals surface area contributed by atoms with Crippen molar-refractivity contribution in [3.05, 3.63) is 90.0 Å². The van der Waals surface area contributed by atoms with Gasteiger partial charge in [0, 0.05) is 16.8 Å². The molecule has 4 aromatic rings. The van der Waals surface area contributed by atoms with Gasteiger partial charge in [-0.25, -0.2) is 0 Å². The van der Waals surface area contributed by atoms with Crippen molar-refractivity contribution in [2.75, 3.05) is 5.32 Å². The van der Waals surface area contributed by atoms with Crippen LogP contribution in [0.15, 0.2) is 83.3 Å². The Balaban J connectivity index is 1.45. The van der Waals surface area contributed by atoms with Gasteiger partial charge in [-0.1, -0.05) is 70.2 Å². The summed E-state index contributed by atoms with van der Waals surface area (Å²) in [5.74, 6) is 0.722. The van der Waals surface area contributed by atoms with E-state index >= 15 is 0 Å². The Kier molecular flexibility index (Phi) is 6.40. The van der Waals surface area contributed by atoms with Crippen LogP contribution >= 0.6 is 0 Å². The monoisotopic (exact) mass is 439 g/mol. The van der Waals surface area contributed by atoms with Crippen molar-refractivity contribution in [2.24, 2.45) is 0 Å². The van der Waals surface area contributed by atoms with Crippen LogP contribution in [0.25, 0.3) is 22.9 Å². The van der Waals surface area contributed by atoms with Crippen molar-refractivity contribution in [1.82, 2.24) is 10.2 Å². The van der Waals surface area contributed by atoms with Crippen molar-refractivity contribution < 1.29 is 9.21 Å². The maximum Gasteiger partial charge on any atom is 0.248 e. The fourth-order valence-electron chi connectivity index (χ4n) is 3.75. The van der Waals surface area contributed by atoms with E-state index in [4.69, 9.17) is 4.42 Å². The lowest BCUT2D eigenvalue weighted by atomic mass is 9.87. The summed E-state index contributed by atoms with van der Waals surface area (Å²) in [6.07, 6.45) is 0.732. The lowest BCUT2D eigenvalue weighted by Gasteiger charge is -2.18. The first-order valence-electron chi connectivity index (χ1n) is 11.3. The quantitative estimate of drug-likeness (QED) is 0.357. The number of amides is 1.